The highest BCUT2D eigenvalue weighted by molar-refractivity contribution is 5.75. The zero-order valence-corrected chi connectivity index (χ0v) is 13.6. The molecular formula is C15H29F3N2O. The topological polar surface area (TPSA) is 41.1 Å². The van der Waals surface area contributed by atoms with E-state index in [1.165, 1.54) is 0 Å². The van der Waals surface area contributed by atoms with E-state index in [1.54, 1.807) is 20.8 Å². The normalized spacial score (nSPS) is 14.0. The van der Waals surface area contributed by atoms with Gasteiger partial charge in [-0.05, 0) is 27.2 Å². The summed E-state index contributed by atoms with van der Waals surface area (Å²) in [5, 5.41) is 4.88. The van der Waals surface area contributed by atoms with Crippen molar-refractivity contribution in [2.24, 2.45) is 0 Å². The van der Waals surface area contributed by atoms with Crippen molar-refractivity contribution in [3.8, 4) is 0 Å². The summed E-state index contributed by atoms with van der Waals surface area (Å²) in [4.78, 5) is 11.6. The molecule has 0 saturated carbocycles. The molecule has 0 spiro atoms. The predicted octanol–water partition coefficient (Wildman–Crippen LogP) is 3.78. The van der Waals surface area contributed by atoms with E-state index in [4.69, 9.17) is 0 Å². The van der Waals surface area contributed by atoms with Gasteiger partial charge in [0.05, 0.1) is 0 Å². The monoisotopic (exact) mass is 310 g/mol. The van der Waals surface area contributed by atoms with Crippen LogP contribution in [-0.2, 0) is 4.79 Å². The van der Waals surface area contributed by atoms with Crippen LogP contribution in [0, 0.1) is 0 Å². The van der Waals surface area contributed by atoms with Crippen molar-refractivity contribution in [3.63, 3.8) is 0 Å². The molecular weight excluding hydrogens is 281 g/mol. The fraction of sp³-hybridized carbons (Fsp3) is 0.933. The molecule has 21 heavy (non-hydrogen) atoms. The van der Waals surface area contributed by atoms with Gasteiger partial charge in [0.25, 0.3) is 0 Å². The minimum absolute atomic E-state index is 0.295. The quantitative estimate of drug-likeness (QED) is 0.636. The largest absolute Gasteiger partial charge is 0.405 e. The van der Waals surface area contributed by atoms with Crippen molar-refractivity contribution in [1.82, 2.24) is 10.6 Å². The number of hydrogen-bond acceptors (Lipinski definition) is 2. The van der Waals surface area contributed by atoms with E-state index >= 15 is 0 Å². The Morgan fingerprint density at radius 1 is 1.05 bits per heavy atom. The van der Waals surface area contributed by atoms with Crippen LogP contribution in [0.25, 0.3) is 0 Å². The van der Waals surface area contributed by atoms with Crippen LogP contribution in [0.4, 0.5) is 13.2 Å². The fourth-order valence-electron chi connectivity index (χ4n) is 1.96. The lowest BCUT2D eigenvalue weighted by Gasteiger charge is -2.30. The van der Waals surface area contributed by atoms with Gasteiger partial charge < -0.3 is 5.32 Å². The lowest BCUT2D eigenvalue weighted by Crippen LogP contribution is -2.56. The molecule has 0 aromatic rings. The van der Waals surface area contributed by atoms with Crippen molar-refractivity contribution < 1.29 is 18.0 Å². The molecule has 2 N–H and O–H groups in total. The first kappa shape index (κ1) is 20.2. The number of unbranched alkanes of at least 4 members (excludes halogenated alkanes) is 4. The summed E-state index contributed by atoms with van der Waals surface area (Å²) in [5.41, 5.74) is -0.662. The molecule has 1 amide bonds. The number of amides is 1. The number of rotatable bonds is 9. The van der Waals surface area contributed by atoms with E-state index in [-0.39, 0.29) is 5.91 Å². The van der Waals surface area contributed by atoms with Gasteiger partial charge in [0.15, 0.2) is 0 Å². The SMILES string of the molecule is CCCCCCCC(=O)NCC(NC(C)(C)C)C(F)(F)F. The van der Waals surface area contributed by atoms with Crippen LogP contribution in [-0.4, -0.2) is 30.2 Å². The van der Waals surface area contributed by atoms with E-state index in [0.29, 0.717) is 6.42 Å². The van der Waals surface area contributed by atoms with Gasteiger partial charge in [0, 0.05) is 18.5 Å². The van der Waals surface area contributed by atoms with Crippen LogP contribution in [0.5, 0.6) is 0 Å². The first-order valence-electron chi connectivity index (χ1n) is 7.67. The van der Waals surface area contributed by atoms with Crippen LogP contribution >= 0.6 is 0 Å². The maximum Gasteiger partial charge on any atom is 0.405 e. The van der Waals surface area contributed by atoms with Gasteiger partial charge in [-0.2, -0.15) is 13.2 Å². The van der Waals surface area contributed by atoms with E-state index in [9.17, 15) is 18.0 Å². The van der Waals surface area contributed by atoms with Crippen molar-refractivity contribution in [2.75, 3.05) is 6.54 Å². The minimum Gasteiger partial charge on any atom is -0.354 e. The third-order valence-corrected chi connectivity index (χ3v) is 3.01. The molecule has 0 aromatic carbocycles. The van der Waals surface area contributed by atoms with Gasteiger partial charge in [-0.1, -0.05) is 32.6 Å². The van der Waals surface area contributed by atoms with Crippen LogP contribution < -0.4 is 10.6 Å². The molecule has 0 fully saturated rings. The molecule has 0 saturated heterocycles. The highest BCUT2D eigenvalue weighted by atomic mass is 19.4. The summed E-state index contributed by atoms with van der Waals surface area (Å²) in [6.07, 6.45) is 0.927. The second-order valence-electron chi connectivity index (χ2n) is 6.46. The zero-order valence-electron chi connectivity index (χ0n) is 13.6. The Bertz CT molecular complexity index is 298. The third kappa shape index (κ3) is 11.5. The molecule has 0 radical (unpaired) electrons. The van der Waals surface area contributed by atoms with Crippen molar-refractivity contribution in [3.05, 3.63) is 0 Å². The van der Waals surface area contributed by atoms with E-state index in [0.717, 1.165) is 32.1 Å². The van der Waals surface area contributed by atoms with E-state index in [2.05, 4.69) is 17.6 Å². The molecule has 0 heterocycles. The lowest BCUT2D eigenvalue weighted by atomic mass is 10.1. The van der Waals surface area contributed by atoms with Gasteiger partial charge >= 0.3 is 6.18 Å². The highest BCUT2D eigenvalue weighted by Crippen LogP contribution is 2.21. The van der Waals surface area contributed by atoms with E-state index in [1.807, 2.05) is 0 Å². The average Bonchev–Trinajstić information content (AvgIpc) is 2.31. The molecule has 0 aliphatic rings. The molecule has 0 bridgehead atoms. The predicted molar refractivity (Wildman–Crippen MR) is 79.1 cm³/mol. The highest BCUT2D eigenvalue weighted by Gasteiger charge is 2.41. The fourth-order valence-corrected chi connectivity index (χ4v) is 1.96. The Kier molecular flexibility index (Phi) is 8.94. The van der Waals surface area contributed by atoms with Crippen molar-refractivity contribution >= 4 is 5.91 Å². The van der Waals surface area contributed by atoms with Gasteiger partial charge in [-0.3, -0.25) is 10.1 Å². The number of hydrogen-bond donors (Lipinski definition) is 2. The summed E-state index contributed by atoms with van der Waals surface area (Å²) in [7, 11) is 0. The first-order chi connectivity index (χ1) is 9.56. The second-order valence-corrected chi connectivity index (χ2v) is 6.46. The summed E-state index contributed by atoms with van der Waals surface area (Å²) >= 11 is 0. The lowest BCUT2D eigenvalue weighted by molar-refractivity contribution is -0.159. The number of alkyl halides is 3. The number of carbonyl (C=O) groups excluding carboxylic acids is 1. The first-order valence-corrected chi connectivity index (χ1v) is 7.67. The summed E-state index contributed by atoms with van der Waals surface area (Å²) < 4.78 is 38.6. The van der Waals surface area contributed by atoms with Gasteiger partial charge in [0.1, 0.15) is 6.04 Å². The summed E-state index contributed by atoms with van der Waals surface area (Å²) in [5.74, 6) is -0.309. The van der Waals surface area contributed by atoms with E-state index < -0.39 is 24.3 Å². The van der Waals surface area contributed by atoms with Crippen molar-refractivity contribution in [2.45, 2.75) is 84.0 Å². The minimum atomic E-state index is -4.37. The Morgan fingerprint density at radius 2 is 1.62 bits per heavy atom. The molecule has 1 unspecified atom stereocenters. The average molecular weight is 310 g/mol. The maximum absolute atomic E-state index is 12.9. The molecule has 3 nitrogen and oxygen atoms in total. The van der Waals surface area contributed by atoms with Crippen LogP contribution in [0.2, 0.25) is 0 Å². The second kappa shape index (κ2) is 9.28. The maximum atomic E-state index is 12.9. The number of halogens is 3. The molecule has 0 aliphatic heterocycles. The summed E-state index contributed by atoms with van der Waals surface area (Å²) in [6, 6.07) is -1.72. The molecule has 0 rings (SSSR count). The Balaban J connectivity index is 4.09. The van der Waals surface area contributed by atoms with Crippen LogP contribution in [0.15, 0.2) is 0 Å². The smallest absolute Gasteiger partial charge is 0.354 e. The molecule has 1 atom stereocenters. The van der Waals surface area contributed by atoms with Crippen LogP contribution in [0.1, 0.15) is 66.2 Å². The summed E-state index contributed by atoms with van der Waals surface area (Å²) in [6.45, 7) is 6.69. The number of carbonyl (C=O) groups is 1. The van der Waals surface area contributed by atoms with Gasteiger partial charge in [0.2, 0.25) is 5.91 Å². The Morgan fingerprint density at radius 3 is 2.10 bits per heavy atom. The Labute approximate surface area is 126 Å². The van der Waals surface area contributed by atoms with Crippen molar-refractivity contribution in [1.29, 1.82) is 0 Å². The molecule has 0 aromatic heterocycles. The number of nitrogens with one attached hydrogen (secondary N) is 2. The standard InChI is InChI=1S/C15H29F3N2O/c1-5-6-7-8-9-10-13(21)19-11-12(15(16,17)18)20-14(2,3)4/h12,20H,5-11H2,1-4H3,(H,19,21). The third-order valence-electron chi connectivity index (χ3n) is 3.01. The van der Waals surface area contributed by atoms with Crippen LogP contribution in [0.3, 0.4) is 0 Å². The zero-order chi connectivity index (χ0) is 16.5. The molecule has 126 valence electrons. The molecule has 0 aliphatic carbocycles. The van der Waals surface area contributed by atoms with Gasteiger partial charge in [-0.15, -0.1) is 0 Å². The molecule has 6 heteroatoms. The van der Waals surface area contributed by atoms with Gasteiger partial charge in [-0.25, -0.2) is 0 Å². The Hall–Kier alpha value is -0.780.